The fourth-order valence-corrected chi connectivity index (χ4v) is 2.38. The topological polar surface area (TPSA) is 83.6 Å². The van der Waals surface area contributed by atoms with E-state index >= 15 is 0 Å². The number of rotatable bonds is 7. The van der Waals surface area contributed by atoms with Crippen molar-refractivity contribution in [3.05, 3.63) is 71.5 Å². The van der Waals surface area contributed by atoms with Gasteiger partial charge in [0.2, 0.25) is 0 Å². The summed E-state index contributed by atoms with van der Waals surface area (Å²) >= 11 is 0. The monoisotopic (exact) mass is 348 g/mol. The van der Waals surface area contributed by atoms with Crippen LogP contribution in [0.1, 0.15) is 11.1 Å². The average Bonchev–Trinajstić information content (AvgIpc) is 2.60. The van der Waals surface area contributed by atoms with E-state index in [0.29, 0.717) is 5.56 Å². The largest absolute Gasteiger partial charge is 0.480 e. The lowest BCUT2D eigenvalue weighted by Crippen LogP contribution is -2.49. The molecule has 3 N–H and O–H groups in total. The molecule has 2 atom stereocenters. The quantitative estimate of drug-likeness (QED) is 0.751. The van der Waals surface area contributed by atoms with E-state index in [9.17, 15) is 23.6 Å². The summed E-state index contributed by atoms with van der Waals surface area (Å²) in [5, 5.41) is 8.88. The summed E-state index contributed by atoms with van der Waals surface area (Å²) in [6.45, 7) is 0. The first-order valence-corrected chi connectivity index (χ1v) is 7.64. The van der Waals surface area contributed by atoms with Crippen molar-refractivity contribution in [2.75, 3.05) is 0 Å². The Bertz CT molecular complexity index is 723. The second-order valence-electron chi connectivity index (χ2n) is 5.63. The molecule has 0 aliphatic heterocycles. The summed E-state index contributed by atoms with van der Waals surface area (Å²) in [5.74, 6) is -3.11. The van der Waals surface area contributed by atoms with Gasteiger partial charge in [0, 0.05) is 6.42 Å². The number of carboxylic acids is 1. The first-order chi connectivity index (χ1) is 11.9. The van der Waals surface area contributed by atoms with Gasteiger partial charge in [0.1, 0.15) is 5.82 Å². The summed E-state index contributed by atoms with van der Waals surface area (Å²) in [6, 6.07) is 10.8. The van der Waals surface area contributed by atoms with Gasteiger partial charge in [0.05, 0.1) is 6.04 Å². The first kappa shape index (κ1) is 18.5. The van der Waals surface area contributed by atoms with Crippen molar-refractivity contribution < 1.29 is 23.6 Å². The van der Waals surface area contributed by atoms with Gasteiger partial charge in [-0.25, -0.2) is 9.18 Å². The maximum absolute atomic E-state index is 14.4. The molecular formula is C18H18F2N2O3. The SMILES string of the molecule is N[C@@H](Cc1ccccc1)C(=O)N(F)[C@@H](Cc1ccc(F)cc1)C(=O)O. The Labute approximate surface area is 143 Å². The molecule has 0 heterocycles. The van der Waals surface area contributed by atoms with Gasteiger partial charge >= 0.3 is 5.97 Å². The molecular weight excluding hydrogens is 330 g/mol. The van der Waals surface area contributed by atoms with Gasteiger partial charge in [-0.1, -0.05) is 46.9 Å². The van der Waals surface area contributed by atoms with Crippen LogP contribution < -0.4 is 5.73 Å². The number of nitrogens with two attached hydrogens (primary N) is 1. The molecule has 2 rings (SSSR count). The predicted molar refractivity (Wildman–Crippen MR) is 87.6 cm³/mol. The van der Waals surface area contributed by atoms with Gasteiger partial charge in [0.15, 0.2) is 6.04 Å². The van der Waals surface area contributed by atoms with Gasteiger partial charge in [-0.2, -0.15) is 5.12 Å². The highest BCUT2D eigenvalue weighted by Crippen LogP contribution is 2.14. The number of hydrogen-bond donors (Lipinski definition) is 2. The molecule has 0 aliphatic carbocycles. The van der Waals surface area contributed by atoms with Crippen molar-refractivity contribution in [1.29, 1.82) is 0 Å². The highest BCUT2D eigenvalue weighted by molar-refractivity contribution is 5.86. The number of hydrogen-bond acceptors (Lipinski definition) is 3. The standard InChI is InChI=1S/C18H18F2N2O3/c19-14-8-6-13(7-9-14)11-16(18(24)25)22(20)17(23)15(21)10-12-4-2-1-3-5-12/h1-9,15-16H,10-11,21H2,(H,24,25)/t15-,16-/m0/s1. The summed E-state index contributed by atoms with van der Waals surface area (Å²) in [4.78, 5) is 23.5. The number of carbonyl (C=O) groups excluding carboxylic acids is 1. The molecule has 7 heteroatoms. The van der Waals surface area contributed by atoms with E-state index in [1.807, 2.05) is 0 Å². The summed E-state index contributed by atoms with van der Waals surface area (Å²) in [6.07, 6.45) is -0.209. The molecule has 0 aliphatic rings. The first-order valence-electron chi connectivity index (χ1n) is 7.64. The van der Waals surface area contributed by atoms with Crippen LogP contribution in [0.5, 0.6) is 0 Å². The second-order valence-corrected chi connectivity index (χ2v) is 5.63. The van der Waals surface area contributed by atoms with Crippen molar-refractivity contribution in [3.8, 4) is 0 Å². The highest BCUT2D eigenvalue weighted by atomic mass is 19.2. The molecule has 0 spiro atoms. The van der Waals surface area contributed by atoms with Crippen LogP contribution in [0.2, 0.25) is 0 Å². The molecule has 2 aromatic rings. The van der Waals surface area contributed by atoms with E-state index in [0.717, 1.165) is 17.7 Å². The number of halogens is 2. The van der Waals surface area contributed by atoms with Crippen LogP contribution in [0.25, 0.3) is 0 Å². The third-order valence-electron chi connectivity index (χ3n) is 3.73. The van der Waals surface area contributed by atoms with E-state index < -0.39 is 29.8 Å². The molecule has 25 heavy (non-hydrogen) atoms. The molecule has 0 unspecified atom stereocenters. The Morgan fingerprint density at radius 1 is 1.00 bits per heavy atom. The zero-order valence-corrected chi connectivity index (χ0v) is 13.3. The molecule has 0 aromatic heterocycles. The molecule has 0 bridgehead atoms. The number of carboxylic acid groups (broad SMARTS) is 1. The molecule has 0 saturated carbocycles. The summed E-state index contributed by atoms with van der Waals surface area (Å²) in [5.41, 5.74) is 6.86. The molecule has 0 fully saturated rings. The third-order valence-corrected chi connectivity index (χ3v) is 3.73. The number of aliphatic carboxylic acids is 1. The molecule has 132 valence electrons. The molecule has 0 saturated heterocycles. The van der Waals surface area contributed by atoms with E-state index in [4.69, 9.17) is 5.73 Å². The van der Waals surface area contributed by atoms with Crippen LogP contribution >= 0.6 is 0 Å². The Hall–Kier alpha value is -2.80. The fourth-order valence-electron chi connectivity index (χ4n) is 2.38. The van der Waals surface area contributed by atoms with Crippen molar-refractivity contribution >= 4 is 11.9 Å². The number of nitrogens with zero attached hydrogens (tertiary/aromatic N) is 1. The molecule has 1 amide bonds. The molecule has 2 aromatic carbocycles. The molecule has 0 radical (unpaired) electrons. The normalized spacial score (nSPS) is 13.1. The number of benzene rings is 2. The van der Waals surface area contributed by atoms with E-state index in [2.05, 4.69) is 0 Å². The van der Waals surface area contributed by atoms with Crippen molar-refractivity contribution in [2.24, 2.45) is 5.73 Å². The summed E-state index contributed by atoms with van der Waals surface area (Å²) in [7, 11) is 0. The van der Waals surface area contributed by atoms with Crippen LogP contribution in [-0.4, -0.2) is 34.2 Å². The lowest BCUT2D eigenvalue weighted by molar-refractivity contribution is -0.166. The second kappa shape index (κ2) is 8.34. The van der Waals surface area contributed by atoms with Crippen molar-refractivity contribution in [3.63, 3.8) is 0 Å². The third kappa shape index (κ3) is 5.09. The minimum Gasteiger partial charge on any atom is -0.480 e. The zero-order valence-electron chi connectivity index (χ0n) is 13.3. The Morgan fingerprint density at radius 3 is 2.12 bits per heavy atom. The van der Waals surface area contributed by atoms with Crippen LogP contribution in [0.4, 0.5) is 8.87 Å². The Balaban J connectivity index is 2.07. The minimum absolute atomic E-state index is 0.0863. The van der Waals surface area contributed by atoms with Crippen molar-refractivity contribution in [2.45, 2.75) is 24.9 Å². The van der Waals surface area contributed by atoms with Crippen LogP contribution in [0.15, 0.2) is 54.6 Å². The Morgan fingerprint density at radius 2 is 1.56 bits per heavy atom. The maximum Gasteiger partial charge on any atom is 0.329 e. The van der Waals surface area contributed by atoms with Gasteiger partial charge in [0.25, 0.3) is 5.91 Å². The van der Waals surface area contributed by atoms with Gasteiger partial charge < -0.3 is 10.8 Å². The predicted octanol–water partition coefficient (Wildman–Crippen LogP) is 2.10. The lowest BCUT2D eigenvalue weighted by atomic mass is 10.0. The smallest absolute Gasteiger partial charge is 0.329 e. The maximum atomic E-state index is 14.4. The number of amides is 1. The average molecular weight is 348 g/mol. The van der Waals surface area contributed by atoms with Crippen molar-refractivity contribution in [1.82, 2.24) is 5.12 Å². The van der Waals surface area contributed by atoms with Crippen LogP contribution in [0.3, 0.4) is 0 Å². The van der Waals surface area contributed by atoms with Gasteiger partial charge in [-0.05, 0) is 29.7 Å². The van der Waals surface area contributed by atoms with E-state index in [1.54, 1.807) is 30.3 Å². The summed E-state index contributed by atoms with van der Waals surface area (Å²) < 4.78 is 27.3. The zero-order chi connectivity index (χ0) is 18.4. The van der Waals surface area contributed by atoms with Crippen LogP contribution in [0, 0.1) is 5.82 Å². The highest BCUT2D eigenvalue weighted by Gasteiger charge is 2.33. The van der Waals surface area contributed by atoms with Gasteiger partial charge in [-0.3, -0.25) is 4.79 Å². The Kier molecular flexibility index (Phi) is 6.19. The fraction of sp³-hybridized carbons (Fsp3) is 0.222. The minimum atomic E-state index is -1.74. The van der Waals surface area contributed by atoms with Gasteiger partial charge in [-0.15, -0.1) is 0 Å². The molecule has 5 nitrogen and oxygen atoms in total. The van der Waals surface area contributed by atoms with E-state index in [-0.39, 0.29) is 18.0 Å². The lowest BCUT2D eigenvalue weighted by Gasteiger charge is -2.23. The van der Waals surface area contributed by atoms with E-state index in [1.165, 1.54) is 12.1 Å². The number of carbonyl (C=O) groups is 2. The van der Waals surface area contributed by atoms with Crippen LogP contribution in [-0.2, 0) is 22.4 Å².